The molecule has 0 atom stereocenters. The van der Waals surface area contributed by atoms with Crippen molar-refractivity contribution in [3.63, 3.8) is 0 Å². The van der Waals surface area contributed by atoms with Gasteiger partial charge in [0.25, 0.3) is 0 Å². The molecule has 0 spiro atoms. The molecule has 0 saturated heterocycles. The molecule has 13 nitrogen and oxygen atoms in total. The maximum Gasteiger partial charge on any atom is 0.412 e. The minimum Gasteiger partial charge on any atom is -0.494 e. The van der Waals surface area contributed by atoms with Gasteiger partial charge in [0.15, 0.2) is 5.82 Å². The highest BCUT2D eigenvalue weighted by molar-refractivity contribution is 5.98. The third-order valence-corrected chi connectivity index (χ3v) is 8.21. The number of carbonyl (C=O) groups excluding carboxylic acids is 3. The van der Waals surface area contributed by atoms with Crippen molar-refractivity contribution >= 4 is 45.8 Å². The Morgan fingerprint density at radius 3 is 2.29 bits per heavy atom. The van der Waals surface area contributed by atoms with E-state index >= 15 is 0 Å². The Morgan fingerprint density at radius 2 is 1.60 bits per heavy atom. The summed E-state index contributed by atoms with van der Waals surface area (Å²) in [6.45, 7) is 11.6. The van der Waals surface area contributed by atoms with Gasteiger partial charge in [-0.1, -0.05) is 12.8 Å². The second-order valence-electron chi connectivity index (χ2n) is 14.6. The zero-order chi connectivity index (χ0) is 37.8. The lowest BCUT2D eigenvalue weighted by Gasteiger charge is -2.20. The van der Waals surface area contributed by atoms with Gasteiger partial charge in [0.05, 0.1) is 48.6 Å². The van der Waals surface area contributed by atoms with Crippen LogP contribution in [-0.2, 0) is 32.6 Å². The summed E-state index contributed by atoms with van der Waals surface area (Å²) in [7, 11) is 4.80. The maximum atomic E-state index is 12.7. The topological polar surface area (TPSA) is 149 Å². The van der Waals surface area contributed by atoms with Crippen molar-refractivity contribution in [3.8, 4) is 28.5 Å². The van der Waals surface area contributed by atoms with Gasteiger partial charge in [-0.05, 0) is 90.8 Å². The van der Waals surface area contributed by atoms with Gasteiger partial charge in [-0.3, -0.25) is 15.1 Å². The molecular weight excluding hydrogens is 664 g/mol. The molecule has 5 aromatic rings. The van der Waals surface area contributed by atoms with E-state index in [1.165, 1.54) is 7.11 Å². The summed E-state index contributed by atoms with van der Waals surface area (Å²) in [6.07, 6.45) is 6.31. The van der Waals surface area contributed by atoms with Crippen LogP contribution in [0.15, 0.2) is 48.8 Å². The lowest BCUT2D eigenvalue weighted by Crippen LogP contribution is -2.27. The number of methoxy groups -OCH3 is 2. The van der Waals surface area contributed by atoms with Gasteiger partial charge in [-0.2, -0.15) is 0 Å². The number of ether oxygens (including phenoxy) is 4. The number of amides is 1. The number of pyridine rings is 2. The maximum absolute atomic E-state index is 12.7. The fourth-order valence-corrected chi connectivity index (χ4v) is 6.04. The zero-order valence-corrected chi connectivity index (χ0v) is 31.5. The largest absolute Gasteiger partial charge is 0.494 e. The van der Waals surface area contributed by atoms with Gasteiger partial charge >= 0.3 is 18.0 Å². The molecule has 1 amide bonds. The highest BCUT2D eigenvalue weighted by Crippen LogP contribution is 2.36. The second-order valence-corrected chi connectivity index (χ2v) is 14.6. The predicted octanol–water partition coefficient (Wildman–Crippen LogP) is 8.09. The Morgan fingerprint density at radius 1 is 0.865 bits per heavy atom. The number of rotatable bonds is 12. The zero-order valence-electron chi connectivity index (χ0n) is 31.5. The molecule has 0 aliphatic rings. The number of hydrogen-bond donors (Lipinski definition) is 1. The molecule has 0 aliphatic heterocycles. The van der Waals surface area contributed by atoms with Gasteiger partial charge in [0.1, 0.15) is 28.1 Å². The first-order chi connectivity index (χ1) is 24.6. The summed E-state index contributed by atoms with van der Waals surface area (Å²) in [5.74, 6) is 0.486. The SMILES string of the molecule is COC(=O)c1cc(OC)c2c(c1)nc(-c1cc3ccc(-c4ccncc4NC(=O)OC(C)(C)C)nc3n1CCCCCCC(=O)OC(C)(C)C)n2C. The van der Waals surface area contributed by atoms with Crippen molar-refractivity contribution in [1.82, 2.24) is 24.1 Å². The first-order valence-corrected chi connectivity index (χ1v) is 17.4. The van der Waals surface area contributed by atoms with Crippen molar-refractivity contribution in [2.75, 3.05) is 19.5 Å². The molecule has 4 heterocycles. The van der Waals surface area contributed by atoms with Crippen LogP contribution < -0.4 is 10.1 Å². The number of aryl methyl sites for hydroxylation is 2. The van der Waals surface area contributed by atoms with E-state index < -0.39 is 23.3 Å². The van der Waals surface area contributed by atoms with Crippen LogP contribution in [0, 0.1) is 0 Å². The first kappa shape index (κ1) is 37.8. The number of fused-ring (bicyclic) bond motifs is 2. The van der Waals surface area contributed by atoms with Crippen LogP contribution >= 0.6 is 0 Å². The molecule has 52 heavy (non-hydrogen) atoms. The van der Waals surface area contributed by atoms with E-state index in [-0.39, 0.29) is 5.97 Å². The Hall–Kier alpha value is -5.46. The molecule has 0 saturated carbocycles. The molecule has 13 heteroatoms. The summed E-state index contributed by atoms with van der Waals surface area (Å²) >= 11 is 0. The molecule has 0 radical (unpaired) electrons. The Bertz CT molecular complexity index is 2100. The lowest BCUT2D eigenvalue weighted by atomic mass is 10.1. The fraction of sp³-hybridized carbons (Fsp3) is 0.436. The summed E-state index contributed by atoms with van der Waals surface area (Å²) in [5, 5.41) is 3.72. The molecule has 0 aliphatic carbocycles. The quantitative estimate of drug-likeness (QED) is 0.0764. The van der Waals surface area contributed by atoms with E-state index in [4.69, 9.17) is 28.9 Å². The molecule has 1 N–H and O–H groups in total. The molecule has 276 valence electrons. The number of carbonyl (C=O) groups is 3. The van der Waals surface area contributed by atoms with Crippen molar-refractivity contribution < 1.29 is 33.3 Å². The normalized spacial score (nSPS) is 11.9. The monoisotopic (exact) mass is 712 g/mol. The molecule has 1 aromatic carbocycles. The number of benzene rings is 1. The lowest BCUT2D eigenvalue weighted by molar-refractivity contribution is -0.154. The summed E-state index contributed by atoms with van der Waals surface area (Å²) in [6, 6.07) is 11.1. The van der Waals surface area contributed by atoms with E-state index in [0.717, 1.165) is 47.9 Å². The Labute approximate surface area is 303 Å². The average Bonchev–Trinajstić information content (AvgIpc) is 3.60. The molecule has 4 aromatic heterocycles. The van der Waals surface area contributed by atoms with Crippen molar-refractivity contribution in [2.24, 2.45) is 7.05 Å². The highest BCUT2D eigenvalue weighted by atomic mass is 16.6. The van der Waals surface area contributed by atoms with Crippen LogP contribution in [0.1, 0.15) is 84.0 Å². The van der Waals surface area contributed by atoms with Crippen LogP contribution in [0.4, 0.5) is 10.5 Å². The van der Waals surface area contributed by atoms with Gasteiger partial charge in [0.2, 0.25) is 0 Å². The fourth-order valence-electron chi connectivity index (χ4n) is 6.04. The minimum absolute atomic E-state index is 0.188. The number of aromatic nitrogens is 5. The third kappa shape index (κ3) is 8.87. The van der Waals surface area contributed by atoms with Crippen molar-refractivity contribution in [2.45, 2.75) is 91.4 Å². The van der Waals surface area contributed by atoms with Gasteiger partial charge in [-0.15, -0.1) is 0 Å². The summed E-state index contributed by atoms with van der Waals surface area (Å²) in [4.78, 5) is 51.7. The van der Waals surface area contributed by atoms with E-state index in [1.807, 2.05) is 44.5 Å². The van der Waals surface area contributed by atoms with Crippen LogP contribution in [-0.4, -0.2) is 67.5 Å². The van der Waals surface area contributed by atoms with Crippen LogP contribution in [0.3, 0.4) is 0 Å². The van der Waals surface area contributed by atoms with E-state index in [9.17, 15) is 14.4 Å². The third-order valence-electron chi connectivity index (χ3n) is 8.21. The molecule has 0 bridgehead atoms. The van der Waals surface area contributed by atoms with E-state index in [2.05, 4.69) is 20.9 Å². The minimum atomic E-state index is -0.669. The highest BCUT2D eigenvalue weighted by Gasteiger charge is 2.23. The standard InChI is InChI=1S/C39H48N6O7/c1-38(2,3)51-32(46)14-12-10-11-13-19-45-30(35-42-28-20-25(36(47)50-9)22-31(49-8)33(28)44(35)7)21-24-15-16-27(41-34(24)45)26-17-18-40-23-29(26)43-37(48)52-39(4,5)6/h15-18,20-23H,10-14,19H2,1-9H3,(H,43,48). The van der Waals surface area contributed by atoms with Crippen LogP contribution in [0.5, 0.6) is 5.75 Å². The number of imidazole rings is 1. The van der Waals surface area contributed by atoms with Crippen molar-refractivity contribution in [3.05, 3.63) is 54.4 Å². The second kappa shape index (κ2) is 15.4. The number of esters is 2. The molecular formula is C39H48N6O7. The molecule has 0 fully saturated rings. The smallest absolute Gasteiger partial charge is 0.412 e. The Kier molecular flexibility index (Phi) is 11.2. The van der Waals surface area contributed by atoms with E-state index in [0.29, 0.717) is 52.6 Å². The van der Waals surface area contributed by atoms with Crippen LogP contribution in [0.25, 0.3) is 44.8 Å². The number of nitrogens with zero attached hydrogens (tertiary/aromatic N) is 5. The predicted molar refractivity (Wildman–Crippen MR) is 199 cm³/mol. The van der Waals surface area contributed by atoms with Crippen LogP contribution in [0.2, 0.25) is 0 Å². The van der Waals surface area contributed by atoms with E-state index in [1.54, 1.807) is 58.5 Å². The van der Waals surface area contributed by atoms with Crippen molar-refractivity contribution in [1.29, 1.82) is 0 Å². The van der Waals surface area contributed by atoms with Gasteiger partial charge in [0, 0.05) is 37.2 Å². The van der Waals surface area contributed by atoms with Gasteiger partial charge < -0.3 is 28.1 Å². The Balaban J connectivity index is 1.53. The molecule has 5 rings (SSSR count). The summed E-state index contributed by atoms with van der Waals surface area (Å²) < 4.78 is 25.7. The molecule has 0 unspecified atom stereocenters. The van der Waals surface area contributed by atoms with Gasteiger partial charge in [-0.25, -0.2) is 19.6 Å². The first-order valence-electron chi connectivity index (χ1n) is 17.4. The summed E-state index contributed by atoms with van der Waals surface area (Å²) in [5.41, 5.74) is 3.83. The number of nitrogens with one attached hydrogen (secondary N) is 1. The number of anilines is 1. The number of unbranched alkanes of at least 4 members (excludes halogenated alkanes) is 3. The number of hydrogen-bond acceptors (Lipinski definition) is 10. The average molecular weight is 713 g/mol.